The Balaban J connectivity index is 2.86. The van der Waals surface area contributed by atoms with Crippen molar-refractivity contribution in [3.63, 3.8) is 0 Å². The maximum absolute atomic E-state index is 13.3. The van der Waals surface area contributed by atoms with Crippen LogP contribution in [0.25, 0.3) is 0 Å². The molecule has 0 saturated carbocycles. The quantitative estimate of drug-likeness (QED) is 0.109. The normalized spacial score (nSPS) is 11.9. The molecule has 0 amide bonds. The van der Waals surface area contributed by atoms with E-state index >= 15 is 0 Å². The molecule has 3 nitrogen and oxygen atoms in total. The monoisotopic (exact) mass is 508 g/mol. The summed E-state index contributed by atoms with van der Waals surface area (Å²) in [5.41, 5.74) is 3.53. The van der Waals surface area contributed by atoms with Crippen LogP contribution < -0.4 is 0 Å². The Morgan fingerprint density at radius 3 is 1.51 bits per heavy atom. The van der Waals surface area contributed by atoms with Crippen LogP contribution in [0.15, 0.2) is 17.0 Å². The number of aryl methyl sites for hydroxylation is 1. The number of hydrogen-bond donors (Lipinski definition) is 0. The molecule has 0 radical (unpaired) electrons. The summed E-state index contributed by atoms with van der Waals surface area (Å²) in [7, 11) is -3.72. The largest absolute Gasteiger partial charge is 0.297 e. The molecule has 0 N–H and O–H groups in total. The molecule has 0 aliphatic rings. The first kappa shape index (κ1) is 32.2. The van der Waals surface area contributed by atoms with Crippen LogP contribution in [0.3, 0.4) is 0 Å². The minimum atomic E-state index is -3.72. The van der Waals surface area contributed by atoms with Crippen LogP contribution in [0.1, 0.15) is 153 Å². The maximum atomic E-state index is 13.3. The second-order valence-corrected chi connectivity index (χ2v) is 12.0. The molecule has 0 aliphatic carbocycles. The lowest BCUT2D eigenvalue weighted by Crippen LogP contribution is -2.13. The van der Waals surface area contributed by atoms with Crippen molar-refractivity contribution in [1.82, 2.24) is 0 Å². The fourth-order valence-electron chi connectivity index (χ4n) is 4.92. The van der Waals surface area contributed by atoms with Gasteiger partial charge in [-0.1, -0.05) is 123 Å². The highest BCUT2D eigenvalue weighted by molar-refractivity contribution is 7.86. The van der Waals surface area contributed by atoms with Gasteiger partial charge in [-0.2, -0.15) is 8.42 Å². The van der Waals surface area contributed by atoms with Crippen molar-refractivity contribution < 1.29 is 12.6 Å². The van der Waals surface area contributed by atoms with Gasteiger partial charge in [-0.25, -0.2) is 0 Å². The van der Waals surface area contributed by atoms with E-state index in [9.17, 15) is 8.42 Å². The predicted octanol–water partition coefficient (Wildman–Crippen LogP) is 9.87. The van der Waals surface area contributed by atoms with Crippen molar-refractivity contribution in [2.24, 2.45) is 0 Å². The Kier molecular flexibility index (Phi) is 18.6. The zero-order valence-corrected chi connectivity index (χ0v) is 24.5. The highest BCUT2D eigenvalue weighted by atomic mass is 32.2. The Hall–Kier alpha value is -0.870. The first-order valence-electron chi connectivity index (χ1n) is 15.0. The van der Waals surface area contributed by atoms with Crippen LogP contribution in [-0.4, -0.2) is 15.0 Å². The summed E-state index contributed by atoms with van der Waals surface area (Å²) in [6.45, 7) is 9.14. The van der Waals surface area contributed by atoms with Crippen molar-refractivity contribution in [2.75, 3.05) is 6.61 Å². The van der Waals surface area contributed by atoms with E-state index in [1.807, 2.05) is 12.1 Å². The molecule has 35 heavy (non-hydrogen) atoms. The first-order valence-corrected chi connectivity index (χ1v) is 16.4. The molecule has 0 aromatic heterocycles. The van der Waals surface area contributed by atoms with Gasteiger partial charge >= 0.3 is 0 Å². The molecular formula is C31H56O3S. The zero-order valence-electron chi connectivity index (χ0n) is 23.6. The van der Waals surface area contributed by atoms with Crippen LogP contribution in [0.2, 0.25) is 0 Å². The molecule has 0 aliphatic heterocycles. The van der Waals surface area contributed by atoms with Crippen molar-refractivity contribution in [2.45, 2.75) is 161 Å². The van der Waals surface area contributed by atoms with E-state index in [0.29, 0.717) is 11.5 Å². The summed E-state index contributed by atoms with van der Waals surface area (Å²) in [6.07, 6.45) is 23.3. The van der Waals surface area contributed by atoms with E-state index < -0.39 is 10.1 Å². The van der Waals surface area contributed by atoms with Gasteiger partial charge in [0, 0.05) is 0 Å². The molecule has 0 saturated heterocycles. The van der Waals surface area contributed by atoms with E-state index in [1.165, 1.54) is 94.6 Å². The fraction of sp³-hybridized carbons (Fsp3) is 0.806. The summed E-state index contributed by atoms with van der Waals surface area (Å²) in [6, 6.07) is 3.81. The van der Waals surface area contributed by atoms with Crippen LogP contribution in [0.5, 0.6) is 0 Å². The Morgan fingerprint density at radius 2 is 1.00 bits per heavy atom. The highest BCUT2D eigenvalue weighted by Gasteiger charge is 2.22. The molecule has 0 bridgehead atoms. The van der Waals surface area contributed by atoms with Crippen LogP contribution in [0.4, 0.5) is 0 Å². The average Bonchev–Trinajstić information content (AvgIpc) is 2.84. The van der Waals surface area contributed by atoms with Gasteiger partial charge in [-0.3, -0.25) is 4.18 Å². The zero-order chi connectivity index (χ0) is 25.8. The highest BCUT2D eigenvalue weighted by Crippen LogP contribution is 2.29. The Labute approximate surface area is 219 Å². The maximum Gasteiger partial charge on any atom is 0.297 e. The van der Waals surface area contributed by atoms with Gasteiger partial charge in [0.15, 0.2) is 0 Å². The molecule has 0 unspecified atom stereocenters. The van der Waals surface area contributed by atoms with Gasteiger partial charge in [-0.15, -0.1) is 0 Å². The number of rotatable bonds is 23. The van der Waals surface area contributed by atoms with Crippen molar-refractivity contribution in [3.8, 4) is 0 Å². The third-order valence-corrected chi connectivity index (χ3v) is 8.59. The molecule has 1 aromatic carbocycles. The van der Waals surface area contributed by atoms with Crippen LogP contribution >= 0.6 is 0 Å². The van der Waals surface area contributed by atoms with Gasteiger partial charge in [0.25, 0.3) is 10.1 Å². The van der Waals surface area contributed by atoms with Gasteiger partial charge in [0.1, 0.15) is 0 Å². The lowest BCUT2D eigenvalue weighted by atomic mass is 9.93. The molecular weight excluding hydrogens is 452 g/mol. The number of benzene rings is 1. The Bertz CT molecular complexity index is 755. The molecule has 204 valence electrons. The SMILES string of the molecule is CCCCCCCCOS(=O)(=O)c1ccc(C)c(CCCCCCCC)c1CCCCCCCC. The van der Waals surface area contributed by atoms with Gasteiger partial charge in [-0.05, 0) is 61.8 Å². The van der Waals surface area contributed by atoms with Crippen LogP contribution in [0, 0.1) is 6.92 Å². The molecule has 0 atom stereocenters. The number of hydrogen-bond acceptors (Lipinski definition) is 3. The molecule has 0 spiro atoms. The summed E-state index contributed by atoms with van der Waals surface area (Å²) in [4.78, 5) is 0.434. The topological polar surface area (TPSA) is 43.4 Å². The lowest BCUT2D eigenvalue weighted by molar-refractivity contribution is 0.306. The molecule has 1 rings (SSSR count). The smallest absolute Gasteiger partial charge is 0.266 e. The van der Waals surface area contributed by atoms with Crippen molar-refractivity contribution >= 4 is 10.1 Å². The first-order chi connectivity index (χ1) is 17.0. The molecule has 0 fully saturated rings. The average molecular weight is 509 g/mol. The van der Waals surface area contributed by atoms with Crippen molar-refractivity contribution in [1.29, 1.82) is 0 Å². The summed E-state index contributed by atoms with van der Waals surface area (Å²) < 4.78 is 32.1. The molecule has 1 aromatic rings. The van der Waals surface area contributed by atoms with Gasteiger partial charge in [0.05, 0.1) is 11.5 Å². The number of unbranched alkanes of at least 4 members (excludes halogenated alkanes) is 15. The third kappa shape index (κ3) is 13.9. The summed E-state index contributed by atoms with van der Waals surface area (Å²) in [5, 5.41) is 0. The van der Waals surface area contributed by atoms with E-state index in [0.717, 1.165) is 50.5 Å². The standard InChI is InChI=1S/C31H56O3S/c1-5-8-11-14-17-20-23-29-28(4)25-26-31(30(29)24-21-18-15-12-9-6-2)35(32,33)34-27-22-19-16-13-10-7-3/h25-26H,5-24,27H2,1-4H3. The molecule has 4 heteroatoms. The molecule has 0 heterocycles. The summed E-state index contributed by atoms with van der Waals surface area (Å²) in [5.74, 6) is 0. The van der Waals surface area contributed by atoms with Crippen molar-refractivity contribution in [3.05, 3.63) is 28.8 Å². The van der Waals surface area contributed by atoms with E-state index in [-0.39, 0.29) is 0 Å². The third-order valence-electron chi connectivity index (χ3n) is 7.19. The second kappa shape index (κ2) is 20.2. The Morgan fingerprint density at radius 1 is 0.571 bits per heavy atom. The van der Waals surface area contributed by atoms with Crippen LogP contribution in [-0.2, 0) is 27.1 Å². The fourth-order valence-corrected chi connectivity index (χ4v) is 6.15. The van der Waals surface area contributed by atoms with E-state index in [1.54, 1.807) is 0 Å². The second-order valence-electron chi connectivity index (χ2n) is 10.4. The minimum absolute atomic E-state index is 0.297. The lowest BCUT2D eigenvalue weighted by Gasteiger charge is -2.18. The van der Waals surface area contributed by atoms with E-state index in [2.05, 4.69) is 27.7 Å². The summed E-state index contributed by atoms with van der Waals surface area (Å²) >= 11 is 0. The minimum Gasteiger partial charge on any atom is -0.266 e. The predicted molar refractivity (Wildman–Crippen MR) is 152 cm³/mol. The van der Waals surface area contributed by atoms with Gasteiger partial charge in [0.2, 0.25) is 0 Å². The van der Waals surface area contributed by atoms with E-state index in [4.69, 9.17) is 4.18 Å². The van der Waals surface area contributed by atoms with Gasteiger partial charge < -0.3 is 0 Å².